The minimum Gasteiger partial charge on any atom is -0.497 e. The number of methoxy groups -OCH3 is 1. The van der Waals surface area contributed by atoms with Crippen LogP contribution in [0.1, 0.15) is 37.7 Å². The third-order valence-electron chi connectivity index (χ3n) is 6.10. The van der Waals surface area contributed by atoms with Gasteiger partial charge < -0.3 is 15.4 Å². The Kier molecular flexibility index (Phi) is 5.54. The predicted molar refractivity (Wildman–Crippen MR) is 110 cm³/mol. The molecule has 1 aliphatic heterocycles. The Bertz CT molecular complexity index is 1210. The van der Waals surface area contributed by atoms with Gasteiger partial charge in [-0.1, -0.05) is 19.3 Å². The summed E-state index contributed by atoms with van der Waals surface area (Å²) in [7, 11) is 1.41. The molecular formula is C21H21F3N4O5. The van der Waals surface area contributed by atoms with E-state index in [1.807, 2.05) is 15.6 Å². The van der Waals surface area contributed by atoms with E-state index in [2.05, 4.69) is 0 Å². The first-order valence-electron chi connectivity index (χ1n) is 10.3. The van der Waals surface area contributed by atoms with Crippen LogP contribution in [0.3, 0.4) is 0 Å². The second-order valence-electron chi connectivity index (χ2n) is 8.04. The summed E-state index contributed by atoms with van der Waals surface area (Å²) in [4.78, 5) is 52.7. The van der Waals surface area contributed by atoms with Gasteiger partial charge in [-0.2, -0.15) is 13.2 Å². The SMILES string of the molecule is COc1ccc(-n2c3c(c(=O)[nH]c2=O)C(NC(=O)C2CCCCC2)(C(F)(F)F)C(=O)N3)cc1. The van der Waals surface area contributed by atoms with Gasteiger partial charge in [-0.15, -0.1) is 0 Å². The van der Waals surface area contributed by atoms with Gasteiger partial charge >= 0.3 is 11.9 Å². The molecule has 0 bridgehead atoms. The summed E-state index contributed by atoms with van der Waals surface area (Å²) < 4.78 is 49.1. The van der Waals surface area contributed by atoms with Gasteiger partial charge in [-0.25, -0.2) is 9.36 Å². The van der Waals surface area contributed by atoms with Gasteiger partial charge in [0, 0.05) is 5.92 Å². The molecule has 2 amide bonds. The number of carbonyl (C=O) groups is 2. The molecular weight excluding hydrogens is 445 g/mol. The second kappa shape index (κ2) is 8.09. The highest BCUT2D eigenvalue weighted by atomic mass is 19.4. The lowest BCUT2D eigenvalue weighted by atomic mass is 9.86. The summed E-state index contributed by atoms with van der Waals surface area (Å²) in [6.45, 7) is 0. The Balaban J connectivity index is 1.90. The number of nitrogens with zero attached hydrogens (tertiary/aromatic N) is 1. The van der Waals surface area contributed by atoms with E-state index in [0.29, 0.717) is 31.4 Å². The number of aromatic amines is 1. The topological polar surface area (TPSA) is 122 Å². The van der Waals surface area contributed by atoms with Gasteiger partial charge in [0.15, 0.2) is 0 Å². The molecule has 1 unspecified atom stereocenters. The third-order valence-corrected chi connectivity index (χ3v) is 6.10. The number of benzene rings is 1. The minimum absolute atomic E-state index is 0.0742. The summed E-state index contributed by atoms with van der Waals surface area (Å²) in [6, 6.07) is 5.66. The monoisotopic (exact) mass is 466 g/mol. The van der Waals surface area contributed by atoms with E-state index in [1.54, 1.807) is 0 Å². The fourth-order valence-electron chi connectivity index (χ4n) is 4.41. The first-order chi connectivity index (χ1) is 15.6. The molecule has 1 atom stereocenters. The van der Waals surface area contributed by atoms with E-state index in [9.17, 15) is 32.3 Å². The molecule has 1 aromatic carbocycles. The molecule has 3 N–H and O–H groups in total. The molecule has 1 saturated carbocycles. The fraction of sp³-hybridized carbons (Fsp3) is 0.429. The molecule has 2 aliphatic rings. The van der Waals surface area contributed by atoms with E-state index in [1.165, 1.54) is 31.4 Å². The van der Waals surface area contributed by atoms with Crippen LogP contribution in [0.15, 0.2) is 33.9 Å². The van der Waals surface area contributed by atoms with Crippen molar-refractivity contribution in [1.82, 2.24) is 14.9 Å². The zero-order valence-corrected chi connectivity index (χ0v) is 17.5. The number of hydrogen-bond donors (Lipinski definition) is 3. The van der Waals surface area contributed by atoms with Gasteiger partial charge in [-0.05, 0) is 37.1 Å². The lowest BCUT2D eigenvalue weighted by Gasteiger charge is -2.32. The van der Waals surface area contributed by atoms with E-state index in [4.69, 9.17) is 4.74 Å². The predicted octanol–water partition coefficient (Wildman–Crippen LogP) is 1.94. The number of anilines is 1. The molecule has 0 radical (unpaired) electrons. The van der Waals surface area contributed by atoms with E-state index < -0.39 is 52.1 Å². The Morgan fingerprint density at radius 2 is 1.76 bits per heavy atom. The molecule has 1 fully saturated rings. The van der Waals surface area contributed by atoms with Crippen LogP contribution < -0.4 is 26.6 Å². The summed E-state index contributed by atoms with van der Waals surface area (Å²) >= 11 is 0. The maximum absolute atomic E-state index is 14.5. The average Bonchev–Trinajstić information content (AvgIpc) is 3.07. The smallest absolute Gasteiger partial charge is 0.425 e. The van der Waals surface area contributed by atoms with Crippen molar-refractivity contribution in [3.8, 4) is 11.4 Å². The van der Waals surface area contributed by atoms with Gasteiger partial charge in [-0.3, -0.25) is 19.4 Å². The summed E-state index contributed by atoms with van der Waals surface area (Å²) in [5, 5.41) is 3.85. The summed E-state index contributed by atoms with van der Waals surface area (Å²) in [5.41, 5.74) is -7.11. The van der Waals surface area contributed by atoms with Crippen molar-refractivity contribution in [2.75, 3.05) is 12.4 Å². The largest absolute Gasteiger partial charge is 0.497 e. The number of fused-ring (bicyclic) bond motifs is 1. The van der Waals surface area contributed by atoms with Crippen molar-refractivity contribution in [3.05, 3.63) is 50.7 Å². The average molecular weight is 466 g/mol. The number of ether oxygens (including phenoxy) is 1. The zero-order valence-electron chi connectivity index (χ0n) is 17.5. The molecule has 0 saturated heterocycles. The Hall–Kier alpha value is -3.57. The number of nitrogens with one attached hydrogen (secondary N) is 3. The molecule has 4 rings (SSSR count). The number of halogens is 3. The lowest BCUT2D eigenvalue weighted by molar-refractivity contribution is -0.201. The van der Waals surface area contributed by atoms with Gasteiger partial charge in [0.1, 0.15) is 17.1 Å². The van der Waals surface area contributed by atoms with Crippen LogP contribution in [-0.4, -0.2) is 34.7 Å². The van der Waals surface area contributed by atoms with Crippen molar-refractivity contribution in [1.29, 1.82) is 0 Å². The normalized spacial score (nSPS) is 20.8. The molecule has 1 aromatic heterocycles. The van der Waals surface area contributed by atoms with Crippen molar-refractivity contribution in [2.45, 2.75) is 43.8 Å². The second-order valence-corrected chi connectivity index (χ2v) is 8.04. The number of alkyl halides is 3. The van der Waals surface area contributed by atoms with E-state index >= 15 is 0 Å². The highest BCUT2D eigenvalue weighted by Crippen LogP contribution is 2.45. The van der Waals surface area contributed by atoms with Crippen LogP contribution in [0.5, 0.6) is 5.75 Å². The maximum atomic E-state index is 14.5. The number of H-pyrrole nitrogens is 1. The number of aromatic nitrogens is 2. The molecule has 9 nitrogen and oxygen atoms in total. The maximum Gasteiger partial charge on any atom is 0.425 e. The number of amides is 2. The van der Waals surface area contributed by atoms with Crippen LogP contribution in [0.4, 0.5) is 19.0 Å². The zero-order chi connectivity index (χ0) is 24.0. The molecule has 176 valence electrons. The van der Waals surface area contributed by atoms with Crippen LogP contribution in [-0.2, 0) is 15.1 Å². The quantitative estimate of drug-likeness (QED) is 0.636. The minimum atomic E-state index is -5.36. The fourth-order valence-corrected chi connectivity index (χ4v) is 4.41. The Morgan fingerprint density at radius 3 is 2.33 bits per heavy atom. The number of hydrogen-bond acceptors (Lipinski definition) is 5. The summed E-state index contributed by atoms with van der Waals surface area (Å²) in [6.07, 6.45) is -2.37. The van der Waals surface area contributed by atoms with Crippen LogP contribution in [0.25, 0.3) is 5.69 Å². The Labute approximate surface area is 184 Å². The molecule has 1 aliphatic carbocycles. The van der Waals surface area contributed by atoms with Crippen LogP contribution in [0, 0.1) is 5.92 Å². The molecule has 0 spiro atoms. The van der Waals surface area contributed by atoms with Crippen molar-refractivity contribution >= 4 is 17.6 Å². The highest BCUT2D eigenvalue weighted by Gasteiger charge is 2.68. The van der Waals surface area contributed by atoms with Crippen LogP contribution in [0.2, 0.25) is 0 Å². The van der Waals surface area contributed by atoms with Crippen LogP contribution >= 0.6 is 0 Å². The highest BCUT2D eigenvalue weighted by molar-refractivity contribution is 6.08. The first kappa shape index (κ1) is 22.6. The Morgan fingerprint density at radius 1 is 1.12 bits per heavy atom. The standard InChI is InChI=1S/C21H21F3N4O5/c1-33-13-9-7-12(8-10-13)28-15-14(17(30)26-19(28)32)20(18(31)25-15,21(22,23)24)27-16(29)11-5-3-2-4-6-11/h7-11H,2-6H2,1H3,(H,25,31)(H,27,29)(H,26,30,32). The van der Waals surface area contributed by atoms with Gasteiger partial charge in [0.05, 0.1) is 12.8 Å². The van der Waals surface area contributed by atoms with Gasteiger partial charge in [0.2, 0.25) is 11.4 Å². The van der Waals surface area contributed by atoms with E-state index in [-0.39, 0.29) is 5.69 Å². The van der Waals surface area contributed by atoms with Crippen molar-refractivity contribution in [2.24, 2.45) is 5.92 Å². The van der Waals surface area contributed by atoms with E-state index in [0.717, 1.165) is 11.0 Å². The summed E-state index contributed by atoms with van der Waals surface area (Å²) in [5.74, 6) is -3.56. The van der Waals surface area contributed by atoms with Crippen molar-refractivity contribution < 1.29 is 27.5 Å². The molecule has 12 heteroatoms. The first-order valence-corrected chi connectivity index (χ1v) is 10.3. The van der Waals surface area contributed by atoms with Crippen molar-refractivity contribution in [3.63, 3.8) is 0 Å². The molecule has 2 aromatic rings. The molecule has 2 heterocycles. The number of rotatable bonds is 4. The lowest BCUT2D eigenvalue weighted by Crippen LogP contribution is -2.63. The third kappa shape index (κ3) is 3.58. The van der Waals surface area contributed by atoms with Gasteiger partial charge in [0.25, 0.3) is 11.5 Å². The number of carbonyl (C=O) groups excluding carboxylic acids is 2. The molecule has 33 heavy (non-hydrogen) atoms.